The predicted octanol–water partition coefficient (Wildman–Crippen LogP) is 3.40. The van der Waals surface area contributed by atoms with E-state index in [2.05, 4.69) is 4.98 Å². The summed E-state index contributed by atoms with van der Waals surface area (Å²) in [6.45, 7) is 5.49. The highest BCUT2D eigenvalue weighted by molar-refractivity contribution is 5.23. The summed E-state index contributed by atoms with van der Waals surface area (Å²) in [6, 6.07) is 2.08. The van der Waals surface area contributed by atoms with Gasteiger partial charge in [-0.1, -0.05) is 20.8 Å². The van der Waals surface area contributed by atoms with E-state index in [1.54, 1.807) is 0 Å². The molecule has 0 spiro atoms. The smallest absolute Gasteiger partial charge is 0.261 e. The molecule has 1 nitrogen and oxygen atoms in total. The third-order valence-corrected chi connectivity index (χ3v) is 1.86. The highest BCUT2D eigenvalue weighted by atomic mass is 19.4. The molecule has 0 saturated heterocycles. The van der Waals surface area contributed by atoms with Gasteiger partial charge in [0.15, 0.2) is 0 Å². The molecule has 1 rings (SSSR count). The lowest BCUT2D eigenvalue weighted by atomic mass is 9.91. The van der Waals surface area contributed by atoms with Crippen molar-refractivity contribution in [3.05, 3.63) is 29.6 Å². The second kappa shape index (κ2) is 3.26. The van der Waals surface area contributed by atoms with E-state index < -0.39 is 11.7 Å². The van der Waals surface area contributed by atoms with E-state index in [1.165, 1.54) is 6.20 Å². The van der Waals surface area contributed by atoms with Crippen molar-refractivity contribution in [2.75, 3.05) is 0 Å². The summed E-state index contributed by atoms with van der Waals surface area (Å²) < 4.78 is 37.0. The molecule has 0 aliphatic rings. The average molecular weight is 203 g/mol. The van der Waals surface area contributed by atoms with Crippen LogP contribution in [0.5, 0.6) is 0 Å². The van der Waals surface area contributed by atoms with E-state index in [0.29, 0.717) is 5.69 Å². The second-order valence-electron chi connectivity index (χ2n) is 4.18. The van der Waals surface area contributed by atoms with Crippen molar-refractivity contribution in [2.45, 2.75) is 32.4 Å². The average Bonchev–Trinajstić information content (AvgIpc) is 2.01. The lowest BCUT2D eigenvalue weighted by molar-refractivity contribution is -0.137. The van der Waals surface area contributed by atoms with Crippen molar-refractivity contribution < 1.29 is 13.2 Å². The quantitative estimate of drug-likeness (QED) is 0.629. The number of hydrogen-bond acceptors (Lipinski definition) is 1. The van der Waals surface area contributed by atoms with Crippen molar-refractivity contribution in [3.8, 4) is 0 Å². The van der Waals surface area contributed by atoms with Crippen LogP contribution >= 0.6 is 0 Å². The van der Waals surface area contributed by atoms with Gasteiger partial charge in [0.1, 0.15) is 0 Å². The van der Waals surface area contributed by atoms with Gasteiger partial charge in [-0.05, 0) is 12.1 Å². The molecule has 0 atom stereocenters. The van der Waals surface area contributed by atoms with Crippen molar-refractivity contribution in [3.63, 3.8) is 0 Å². The molecule has 78 valence electrons. The predicted molar refractivity (Wildman–Crippen MR) is 47.9 cm³/mol. The van der Waals surface area contributed by atoms with Crippen molar-refractivity contribution in [1.29, 1.82) is 0 Å². The van der Waals surface area contributed by atoms with Crippen LogP contribution in [0.1, 0.15) is 32.0 Å². The molecule has 0 radical (unpaired) electrons. The van der Waals surface area contributed by atoms with Crippen LogP contribution in [0.25, 0.3) is 0 Å². The van der Waals surface area contributed by atoms with Crippen LogP contribution in [-0.2, 0) is 11.6 Å². The highest BCUT2D eigenvalue weighted by Crippen LogP contribution is 2.31. The normalized spacial score (nSPS) is 13.0. The fraction of sp³-hybridized carbons (Fsp3) is 0.500. The van der Waals surface area contributed by atoms with E-state index in [9.17, 15) is 13.2 Å². The molecule has 0 unspecified atom stereocenters. The summed E-state index contributed by atoms with van der Waals surface area (Å²) in [5, 5.41) is 0. The monoisotopic (exact) mass is 203 g/mol. The lowest BCUT2D eigenvalue weighted by Crippen LogP contribution is -2.15. The molecule has 1 aromatic heterocycles. The molecule has 1 heterocycles. The zero-order chi connectivity index (χ0) is 11.0. The van der Waals surface area contributed by atoms with Crippen molar-refractivity contribution >= 4 is 0 Å². The first-order chi connectivity index (χ1) is 6.21. The third kappa shape index (κ3) is 2.47. The minimum Gasteiger partial charge on any atom is -0.261 e. The van der Waals surface area contributed by atoms with E-state index in [4.69, 9.17) is 0 Å². The molecule has 4 heteroatoms. The number of pyridine rings is 1. The Bertz CT molecular complexity index is 294. The Kier molecular flexibility index (Phi) is 2.56. The molecule has 0 aromatic carbocycles. The summed E-state index contributed by atoms with van der Waals surface area (Å²) in [7, 11) is 0. The minimum atomic E-state index is -4.29. The Labute approximate surface area is 81.0 Å². The number of nitrogens with zero attached hydrogens (tertiary/aromatic N) is 1. The summed E-state index contributed by atoms with van der Waals surface area (Å²) >= 11 is 0. The molecule has 14 heavy (non-hydrogen) atoms. The fourth-order valence-corrected chi connectivity index (χ4v) is 1.02. The number of aromatic nitrogens is 1. The Morgan fingerprint density at radius 1 is 1.14 bits per heavy atom. The van der Waals surface area contributed by atoms with Crippen molar-refractivity contribution in [1.82, 2.24) is 4.98 Å². The maximum absolute atomic E-state index is 12.3. The first-order valence-corrected chi connectivity index (χ1v) is 4.25. The van der Waals surface area contributed by atoms with Gasteiger partial charge in [-0.25, -0.2) is 0 Å². The Hall–Kier alpha value is -1.06. The van der Waals surface area contributed by atoms with Gasteiger partial charge in [0.25, 0.3) is 0 Å². The van der Waals surface area contributed by atoms with Crippen LogP contribution in [0.4, 0.5) is 13.2 Å². The van der Waals surface area contributed by atoms with Crippen LogP contribution in [-0.4, -0.2) is 4.98 Å². The van der Waals surface area contributed by atoms with E-state index in [0.717, 1.165) is 12.1 Å². The maximum atomic E-state index is 12.3. The Morgan fingerprint density at radius 3 is 2.14 bits per heavy atom. The third-order valence-electron chi connectivity index (χ3n) is 1.86. The lowest BCUT2D eigenvalue weighted by Gasteiger charge is -2.18. The summed E-state index contributed by atoms with van der Waals surface area (Å²) in [5.74, 6) is 0. The summed E-state index contributed by atoms with van der Waals surface area (Å²) in [4.78, 5) is 3.92. The van der Waals surface area contributed by atoms with Crippen LogP contribution in [0.2, 0.25) is 0 Å². The van der Waals surface area contributed by atoms with Crippen molar-refractivity contribution in [2.24, 2.45) is 0 Å². The van der Waals surface area contributed by atoms with Crippen LogP contribution in [0.3, 0.4) is 0 Å². The zero-order valence-corrected chi connectivity index (χ0v) is 8.31. The van der Waals surface area contributed by atoms with Gasteiger partial charge in [-0.2, -0.15) is 13.2 Å². The summed E-state index contributed by atoms with van der Waals surface area (Å²) in [6.07, 6.45) is -3.09. The van der Waals surface area contributed by atoms with Gasteiger partial charge >= 0.3 is 6.18 Å². The SMILES string of the molecule is CC(C)(C)c1cc(C(F)(F)F)ccn1. The van der Waals surface area contributed by atoms with Gasteiger partial charge in [0.2, 0.25) is 0 Å². The fourth-order valence-electron chi connectivity index (χ4n) is 1.02. The number of halogens is 3. The summed E-state index contributed by atoms with van der Waals surface area (Å²) in [5.41, 5.74) is -0.550. The van der Waals surface area contributed by atoms with Gasteiger partial charge in [-0.3, -0.25) is 4.98 Å². The first kappa shape index (κ1) is 11.0. The van der Waals surface area contributed by atoms with E-state index >= 15 is 0 Å². The molecular weight excluding hydrogens is 191 g/mol. The molecule has 0 N–H and O–H groups in total. The zero-order valence-electron chi connectivity index (χ0n) is 8.31. The molecule has 0 saturated carbocycles. The van der Waals surface area contributed by atoms with Gasteiger partial charge in [0.05, 0.1) is 5.56 Å². The number of alkyl halides is 3. The van der Waals surface area contributed by atoms with Crippen LogP contribution in [0.15, 0.2) is 18.3 Å². The molecule has 0 aliphatic carbocycles. The minimum absolute atomic E-state index is 0.360. The largest absolute Gasteiger partial charge is 0.416 e. The molecular formula is C10H12F3N. The highest BCUT2D eigenvalue weighted by Gasteiger charge is 2.31. The van der Waals surface area contributed by atoms with Crippen LogP contribution < -0.4 is 0 Å². The Balaban J connectivity index is 3.15. The molecule has 1 aromatic rings. The van der Waals surface area contributed by atoms with Crippen LogP contribution in [0, 0.1) is 0 Å². The van der Waals surface area contributed by atoms with Gasteiger partial charge in [0, 0.05) is 17.3 Å². The number of rotatable bonds is 0. The molecule has 0 bridgehead atoms. The standard InChI is InChI=1S/C10H12F3N/c1-9(2,3)8-6-7(4-5-14-8)10(11,12)13/h4-6H,1-3H3. The van der Waals surface area contributed by atoms with E-state index in [-0.39, 0.29) is 5.41 Å². The molecule has 0 fully saturated rings. The molecule has 0 amide bonds. The first-order valence-electron chi connectivity index (χ1n) is 4.25. The van der Waals surface area contributed by atoms with Gasteiger partial charge in [-0.15, -0.1) is 0 Å². The van der Waals surface area contributed by atoms with Gasteiger partial charge < -0.3 is 0 Å². The second-order valence-corrected chi connectivity index (χ2v) is 4.18. The maximum Gasteiger partial charge on any atom is 0.416 e. The molecule has 0 aliphatic heterocycles. The topological polar surface area (TPSA) is 12.9 Å². The number of hydrogen-bond donors (Lipinski definition) is 0. The van der Waals surface area contributed by atoms with E-state index in [1.807, 2.05) is 20.8 Å². The Morgan fingerprint density at radius 2 is 1.71 bits per heavy atom.